The highest BCUT2D eigenvalue weighted by Gasteiger charge is 2.18. The fourth-order valence-corrected chi connectivity index (χ4v) is 3.40. The Labute approximate surface area is 152 Å². The summed E-state index contributed by atoms with van der Waals surface area (Å²) >= 11 is 0. The first-order valence-electron chi connectivity index (χ1n) is 9.83. The van der Waals surface area contributed by atoms with Crippen molar-refractivity contribution in [1.29, 1.82) is 0 Å². The van der Waals surface area contributed by atoms with Crippen LogP contribution in [0.3, 0.4) is 0 Å². The molecule has 1 saturated carbocycles. The van der Waals surface area contributed by atoms with Crippen molar-refractivity contribution in [2.45, 2.75) is 65.2 Å². The Morgan fingerprint density at radius 2 is 1.96 bits per heavy atom. The highest BCUT2D eigenvalue weighted by atomic mass is 19.1. The molecule has 1 fully saturated rings. The van der Waals surface area contributed by atoms with Crippen LogP contribution in [0.2, 0.25) is 0 Å². The summed E-state index contributed by atoms with van der Waals surface area (Å²) in [5.74, 6) is 7.73. The molecule has 136 valence electrons. The molecule has 1 aliphatic carbocycles. The van der Waals surface area contributed by atoms with Gasteiger partial charge in [0.15, 0.2) is 0 Å². The number of hydrogen-bond acceptors (Lipinski definition) is 1. The summed E-state index contributed by atoms with van der Waals surface area (Å²) < 4.78 is 19.6. The average molecular weight is 342 g/mol. The van der Waals surface area contributed by atoms with Gasteiger partial charge in [0.05, 0.1) is 12.2 Å². The molecule has 0 aliphatic heterocycles. The molecule has 0 amide bonds. The molecular formula is C23H31FO. The topological polar surface area (TPSA) is 9.23 Å². The van der Waals surface area contributed by atoms with Crippen LogP contribution in [0, 0.1) is 29.5 Å². The van der Waals surface area contributed by atoms with Crippen LogP contribution in [0.1, 0.15) is 70.8 Å². The minimum Gasteiger partial charge on any atom is -0.493 e. The lowest BCUT2D eigenvalue weighted by molar-refractivity contribution is 0.294. The molecule has 0 aromatic heterocycles. The molecule has 0 atom stereocenters. The molecule has 0 bridgehead atoms. The van der Waals surface area contributed by atoms with E-state index in [9.17, 15) is 4.39 Å². The third-order valence-corrected chi connectivity index (χ3v) is 4.95. The Balaban J connectivity index is 1.82. The van der Waals surface area contributed by atoms with E-state index in [0.717, 1.165) is 18.8 Å². The SMILES string of the molecule is CCCCOc1ccc(C#CC=C[C@H]2CC[C@H](CCC)CC2)c(F)c1. The zero-order chi connectivity index (χ0) is 17.9. The predicted molar refractivity (Wildman–Crippen MR) is 103 cm³/mol. The molecule has 0 spiro atoms. The van der Waals surface area contributed by atoms with Gasteiger partial charge in [-0.1, -0.05) is 51.0 Å². The summed E-state index contributed by atoms with van der Waals surface area (Å²) in [7, 11) is 0. The van der Waals surface area contributed by atoms with Gasteiger partial charge in [-0.3, -0.25) is 0 Å². The van der Waals surface area contributed by atoms with Crippen molar-refractivity contribution in [3.05, 3.63) is 41.7 Å². The zero-order valence-electron chi connectivity index (χ0n) is 15.7. The first-order valence-corrected chi connectivity index (χ1v) is 9.83. The van der Waals surface area contributed by atoms with Gasteiger partial charge in [-0.2, -0.15) is 0 Å². The van der Waals surface area contributed by atoms with Crippen LogP contribution in [0.5, 0.6) is 5.75 Å². The maximum atomic E-state index is 14.1. The van der Waals surface area contributed by atoms with Crippen molar-refractivity contribution in [2.75, 3.05) is 6.61 Å². The van der Waals surface area contributed by atoms with Crippen molar-refractivity contribution in [3.63, 3.8) is 0 Å². The van der Waals surface area contributed by atoms with Crippen molar-refractivity contribution < 1.29 is 9.13 Å². The minimum atomic E-state index is -0.310. The van der Waals surface area contributed by atoms with Gasteiger partial charge < -0.3 is 4.74 Å². The highest BCUT2D eigenvalue weighted by molar-refractivity contribution is 5.41. The molecular weight excluding hydrogens is 311 g/mol. The first kappa shape index (κ1) is 19.6. The molecule has 0 radical (unpaired) electrons. The Kier molecular flexibility index (Phi) is 8.60. The van der Waals surface area contributed by atoms with Gasteiger partial charge in [0.2, 0.25) is 0 Å². The number of hydrogen-bond donors (Lipinski definition) is 0. The molecule has 1 aliphatic rings. The normalized spacial score (nSPS) is 20.3. The third kappa shape index (κ3) is 6.94. The molecule has 1 aromatic carbocycles. The van der Waals surface area contributed by atoms with Crippen LogP contribution in [-0.4, -0.2) is 6.61 Å². The van der Waals surface area contributed by atoms with E-state index in [-0.39, 0.29) is 5.82 Å². The zero-order valence-corrected chi connectivity index (χ0v) is 15.7. The first-order chi connectivity index (χ1) is 12.2. The van der Waals surface area contributed by atoms with Gasteiger partial charge in [-0.05, 0) is 62.1 Å². The minimum absolute atomic E-state index is 0.310. The Morgan fingerprint density at radius 3 is 2.64 bits per heavy atom. The van der Waals surface area contributed by atoms with Crippen LogP contribution in [-0.2, 0) is 0 Å². The third-order valence-electron chi connectivity index (χ3n) is 4.95. The number of benzene rings is 1. The summed E-state index contributed by atoms with van der Waals surface area (Å²) in [5, 5.41) is 0. The molecule has 25 heavy (non-hydrogen) atoms. The molecule has 0 unspecified atom stereocenters. The average Bonchev–Trinajstić information content (AvgIpc) is 2.62. The second-order valence-electron chi connectivity index (χ2n) is 7.04. The van der Waals surface area contributed by atoms with E-state index in [1.807, 2.05) is 6.08 Å². The van der Waals surface area contributed by atoms with Crippen molar-refractivity contribution in [2.24, 2.45) is 11.8 Å². The number of halogens is 1. The number of ether oxygens (including phenoxy) is 1. The predicted octanol–water partition coefficient (Wildman–Crippen LogP) is 6.52. The summed E-state index contributed by atoms with van der Waals surface area (Å²) in [5.41, 5.74) is 0.430. The fraction of sp³-hybridized carbons (Fsp3) is 0.565. The summed E-state index contributed by atoms with van der Waals surface area (Å²) in [6.45, 7) is 5.00. The standard InChI is InChI=1S/C23H31FO/c1-3-5-17-25-22-16-15-21(23(24)18-22)10-7-6-9-20-13-11-19(8-4-2)12-14-20/h6,9,15-16,18-20H,3-5,8,11-14,17H2,1-2H3/t19-,20-. The Morgan fingerprint density at radius 1 is 1.16 bits per heavy atom. The fourth-order valence-electron chi connectivity index (χ4n) is 3.40. The van der Waals surface area contributed by atoms with E-state index >= 15 is 0 Å². The monoisotopic (exact) mass is 342 g/mol. The smallest absolute Gasteiger partial charge is 0.142 e. The second kappa shape index (κ2) is 11.0. The van der Waals surface area contributed by atoms with Crippen LogP contribution >= 0.6 is 0 Å². The molecule has 0 N–H and O–H groups in total. The van der Waals surface area contributed by atoms with E-state index in [2.05, 4.69) is 31.8 Å². The van der Waals surface area contributed by atoms with Gasteiger partial charge in [0, 0.05) is 6.07 Å². The van der Waals surface area contributed by atoms with E-state index in [4.69, 9.17) is 4.74 Å². The summed E-state index contributed by atoms with van der Waals surface area (Å²) in [6.07, 6.45) is 14.0. The van der Waals surface area contributed by atoms with Gasteiger partial charge in [-0.15, -0.1) is 0 Å². The maximum absolute atomic E-state index is 14.1. The van der Waals surface area contributed by atoms with Crippen LogP contribution < -0.4 is 4.74 Å². The largest absolute Gasteiger partial charge is 0.493 e. The Bertz CT molecular complexity index is 600. The lowest BCUT2D eigenvalue weighted by Crippen LogP contribution is -2.12. The number of allylic oxidation sites excluding steroid dienone is 2. The van der Waals surface area contributed by atoms with Crippen LogP contribution in [0.25, 0.3) is 0 Å². The molecule has 0 saturated heterocycles. The maximum Gasteiger partial charge on any atom is 0.142 e. The number of unbranched alkanes of at least 4 members (excludes halogenated alkanes) is 1. The lowest BCUT2D eigenvalue weighted by atomic mass is 9.80. The van der Waals surface area contributed by atoms with Gasteiger partial charge in [0.25, 0.3) is 0 Å². The summed E-state index contributed by atoms with van der Waals surface area (Å²) in [4.78, 5) is 0. The van der Waals surface area contributed by atoms with Crippen LogP contribution in [0.15, 0.2) is 30.4 Å². The van der Waals surface area contributed by atoms with Crippen LogP contribution in [0.4, 0.5) is 4.39 Å². The highest BCUT2D eigenvalue weighted by Crippen LogP contribution is 2.32. The molecule has 1 aromatic rings. The van der Waals surface area contributed by atoms with E-state index in [1.165, 1.54) is 44.6 Å². The summed E-state index contributed by atoms with van der Waals surface area (Å²) in [6, 6.07) is 4.92. The molecule has 2 heteroatoms. The van der Waals surface area contributed by atoms with E-state index in [1.54, 1.807) is 12.1 Å². The molecule has 0 heterocycles. The van der Waals surface area contributed by atoms with Crippen molar-refractivity contribution in [3.8, 4) is 17.6 Å². The van der Waals surface area contributed by atoms with E-state index in [0.29, 0.717) is 23.8 Å². The quantitative estimate of drug-likeness (QED) is 0.405. The lowest BCUT2D eigenvalue weighted by Gasteiger charge is -2.26. The number of rotatable bonds is 7. The second-order valence-corrected chi connectivity index (χ2v) is 7.04. The van der Waals surface area contributed by atoms with Crippen molar-refractivity contribution in [1.82, 2.24) is 0 Å². The van der Waals surface area contributed by atoms with Gasteiger partial charge in [0.1, 0.15) is 11.6 Å². The Hall–Kier alpha value is -1.75. The van der Waals surface area contributed by atoms with Gasteiger partial charge >= 0.3 is 0 Å². The van der Waals surface area contributed by atoms with Crippen molar-refractivity contribution >= 4 is 0 Å². The molecule has 2 rings (SSSR count). The van der Waals surface area contributed by atoms with Gasteiger partial charge in [-0.25, -0.2) is 4.39 Å². The van der Waals surface area contributed by atoms with E-state index < -0.39 is 0 Å². The molecule has 1 nitrogen and oxygen atoms in total.